The summed E-state index contributed by atoms with van der Waals surface area (Å²) in [4.78, 5) is 0. The third-order valence-electron chi connectivity index (χ3n) is 3.72. The van der Waals surface area contributed by atoms with Gasteiger partial charge in [0.05, 0.1) is 5.60 Å². The highest BCUT2D eigenvalue weighted by Crippen LogP contribution is 2.27. The fourth-order valence-electron chi connectivity index (χ4n) is 2.32. The summed E-state index contributed by atoms with van der Waals surface area (Å²) in [5, 5.41) is 13.7. The Labute approximate surface area is 125 Å². The summed E-state index contributed by atoms with van der Waals surface area (Å²) in [5.41, 5.74) is 2.03. The zero-order chi connectivity index (χ0) is 15.3. The molecule has 21 heavy (non-hydrogen) atoms. The Morgan fingerprint density at radius 2 is 1.52 bits per heavy atom. The van der Waals surface area contributed by atoms with Gasteiger partial charge in [0, 0.05) is 0 Å². The molecule has 0 radical (unpaired) electrons. The van der Waals surface area contributed by atoms with Gasteiger partial charge in [-0.2, -0.15) is 0 Å². The highest BCUT2D eigenvalue weighted by molar-refractivity contribution is 5.63. The molecule has 2 aromatic carbocycles. The number of rotatable bonds is 6. The lowest BCUT2D eigenvalue weighted by atomic mass is 9.91. The van der Waals surface area contributed by atoms with Crippen molar-refractivity contribution in [3.63, 3.8) is 0 Å². The maximum absolute atomic E-state index is 12.9. The van der Waals surface area contributed by atoms with E-state index in [0.717, 1.165) is 29.8 Å². The number of halogens is 1. The Bertz CT molecular complexity index is 561. The number of aliphatic hydroxyl groups is 1. The molecule has 0 spiro atoms. The normalized spacial score (nSPS) is 13.9. The highest BCUT2D eigenvalue weighted by Gasteiger charge is 2.22. The predicted molar refractivity (Wildman–Crippen MR) is 84.6 cm³/mol. The van der Waals surface area contributed by atoms with Gasteiger partial charge in [0.1, 0.15) is 5.82 Å². The van der Waals surface area contributed by atoms with E-state index in [1.54, 1.807) is 12.1 Å². The average Bonchev–Trinajstić information content (AvgIpc) is 2.48. The van der Waals surface area contributed by atoms with Crippen LogP contribution in [0.1, 0.15) is 25.8 Å². The van der Waals surface area contributed by atoms with Gasteiger partial charge in [-0.3, -0.25) is 0 Å². The zero-order valence-electron chi connectivity index (χ0n) is 12.6. The quantitative estimate of drug-likeness (QED) is 0.794. The van der Waals surface area contributed by atoms with E-state index in [-0.39, 0.29) is 5.82 Å². The summed E-state index contributed by atoms with van der Waals surface area (Å²) in [7, 11) is 0. The van der Waals surface area contributed by atoms with Gasteiger partial charge in [-0.15, -0.1) is 0 Å². The number of nitrogens with one attached hydrogen (secondary N) is 1. The Balaban J connectivity index is 2.12. The summed E-state index contributed by atoms with van der Waals surface area (Å²) in [6.45, 7) is 5.56. The smallest absolute Gasteiger partial charge is 0.123 e. The van der Waals surface area contributed by atoms with Crippen LogP contribution >= 0.6 is 0 Å². The van der Waals surface area contributed by atoms with E-state index in [1.807, 2.05) is 38.1 Å². The van der Waals surface area contributed by atoms with Crippen molar-refractivity contribution in [1.82, 2.24) is 5.32 Å². The molecule has 0 saturated heterocycles. The molecule has 112 valence electrons. The first-order valence-corrected chi connectivity index (χ1v) is 7.32. The van der Waals surface area contributed by atoms with Crippen LogP contribution in [0, 0.1) is 5.82 Å². The summed E-state index contributed by atoms with van der Waals surface area (Å²) in [5.74, 6) is -0.235. The van der Waals surface area contributed by atoms with Crippen LogP contribution in [0.3, 0.4) is 0 Å². The predicted octanol–water partition coefficient (Wildman–Crippen LogP) is 3.70. The Kier molecular flexibility index (Phi) is 5.10. The molecule has 0 bridgehead atoms. The van der Waals surface area contributed by atoms with Gasteiger partial charge in [0.15, 0.2) is 0 Å². The molecule has 0 aromatic heterocycles. The van der Waals surface area contributed by atoms with Crippen LogP contribution in [0.5, 0.6) is 0 Å². The molecule has 0 saturated carbocycles. The molecule has 2 rings (SSSR count). The van der Waals surface area contributed by atoms with Crippen molar-refractivity contribution >= 4 is 0 Å². The van der Waals surface area contributed by atoms with Crippen LogP contribution in [-0.2, 0) is 5.60 Å². The third kappa shape index (κ3) is 4.13. The van der Waals surface area contributed by atoms with Crippen LogP contribution in [0.2, 0.25) is 0 Å². The fraction of sp³-hybridized carbons (Fsp3) is 0.333. The summed E-state index contributed by atoms with van der Waals surface area (Å²) < 4.78 is 12.9. The van der Waals surface area contributed by atoms with Crippen LogP contribution in [0.15, 0.2) is 48.5 Å². The maximum atomic E-state index is 12.9. The topological polar surface area (TPSA) is 32.3 Å². The molecular formula is C18H22FNO. The van der Waals surface area contributed by atoms with E-state index in [9.17, 15) is 9.50 Å². The van der Waals surface area contributed by atoms with Gasteiger partial charge in [0.2, 0.25) is 0 Å². The van der Waals surface area contributed by atoms with Crippen LogP contribution in [0.25, 0.3) is 11.1 Å². The standard InChI is InChI=1S/C18H22FNO/c1-3-20-13-12-18(2,21)16-8-4-14(5-9-16)15-6-10-17(19)11-7-15/h4-11,20-21H,3,12-13H2,1-2H3. The number of benzene rings is 2. The monoisotopic (exact) mass is 287 g/mol. The Hall–Kier alpha value is -1.71. The van der Waals surface area contributed by atoms with E-state index in [4.69, 9.17) is 0 Å². The van der Waals surface area contributed by atoms with Crippen molar-refractivity contribution in [1.29, 1.82) is 0 Å². The van der Waals surface area contributed by atoms with E-state index in [1.165, 1.54) is 12.1 Å². The van der Waals surface area contributed by atoms with E-state index in [0.29, 0.717) is 6.42 Å². The summed E-state index contributed by atoms with van der Waals surface area (Å²) in [6.07, 6.45) is 0.663. The molecule has 2 aromatic rings. The van der Waals surface area contributed by atoms with Crippen molar-refractivity contribution in [2.75, 3.05) is 13.1 Å². The number of hydrogen-bond donors (Lipinski definition) is 2. The van der Waals surface area contributed by atoms with Crippen molar-refractivity contribution in [2.45, 2.75) is 25.9 Å². The summed E-state index contributed by atoms with van der Waals surface area (Å²) in [6, 6.07) is 14.2. The minimum atomic E-state index is -0.844. The Morgan fingerprint density at radius 1 is 1.00 bits per heavy atom. The molecule has 0 heterocycles. The zero-order valence-corrected chi connectivity index (χ0v) is 12.6. The van der Waals surface area contributed by atoms with Gasteiger partial charge in [-0.1, -0.05) is 43.3 Å². The van der Waals surface area contributed by atoms with E-state index >= 15 is 0 Å². The second-order valence-electron chi connectivity index (χ2n) is 5.46. The molecule has 2 nitrogen and oxygen atoms in total. The second kappa shape index (κ2) is 6.83. The van der Waals surface area contributed by atoms with Crippen LogP contribution in [-0.4, -0.2) is 18.2 Å². The minimum absolute atomic E-state index is 0.235. The first-order chi connectivity index (χ1) is 10.0. The lowest BCUT2D eigenvalue weighted by Gasteiger charge is -2.24. The van der Waals surface area contributed by atoms with Gasteiger partial charge in [-0.25, -0.2) is 4.39 Å². The van der Waals surface area contributed by atoms with Gasteiger partial charge >= 0.3 is 0 Å². The van der Waals surface area contributed by atoms with Crippen LogP contribution in [0.4, 0.5) is 4.39 Å². The maximum Gasteiger partial charge on any atom is 0.123 e. The fourth-order valence-corrected chi connectivity index (χ4v) is 2.32. The molecule has 2 N–H and O–H groups in total. The molecule has 0 fully saturated rings. The average molecular weight is 287 g/mol. The first kappa shape index (κ1) is 15.7. The van der Waals surface area contributed by atoms with Crippen molar-refractivity contribution in [2.24, 2.45) is 0 Å². The number of hydrogen-bond acceptors (Lipinski definition) is 2. The van der Waals surface area contributed by atoms with E-state index < -0.39 is 5.60 Å². The van der Waals surface area contributed by atoms with Gasteiger partial charge in [0.25, 0.3) is 0 Å². The van der Waals surface area contributed by atoms with Gasteiger partial charge in [-0.05, 0) is 55.3 Å². The van der Waals surface area contributed by atoms with Crippen molar-refractivity contribution in [3.8, 4) is 11.1 Å². The molecule has 3 heteroatoms. The largest absolute Gasteiger partial charge is 0.385 e. The minimum Gasteiger partial charge on any atom is -0.385 e. The molecule has 1 atom stereocenters. The molecule has 1 unspecified atom stereocenters. The van der Waals surface area contributed by atoms with Crippen molar-refractivity contribution in [3.05, 3.63) is 59.9 Å². The molecule has 0 aliphatic rings. The lowest BCUT2D eigenvalue weighted by Crippen LogP contribution is -2.27. The third-order valence-corrected chi connectivity index (χ3v) is 3.72. The van der Waals surface area contributed by atoms with Gasteiger partial charge < -0.3 is 10.4 Å². The van der Waals surface area contributed by atoms with Crippen molar-refractivity contribution < 1.29 is 9.50 Å². The lowest BCUT2D eigenvalue weighted by molar-refractivity contribution is 0.0482. The molecule has 0 amide bonds. The highest BCUT2D eigenvalue weighted by atomic mass is 19.1. The summed E-state index contributed by atoms with van der Waals surface area (Å²) >= 11 is 0. The van der Waals surface area contributed by atoms with E-state index in [2.05, 4.69) is 5.32 Å². The Morgan fingerprint density at radius 3 is 2.05 bits per heavy atom. The SMILES string of the molecule is CCNCCC(C)(O)c1ccc(-c2ccc(F)cc2)cc1. The second-order valence-corrected chi connectivity index (χ2v) is 5.46. The molecular weight excluding hydrogens is 265 g/mol. The van der Waals surface area contributed by atoms with Crippen LogP contribution < -0.4 is 5.32 Å². The first-order valence-electron chi connectivity index (χ1n) is 7.32. The molecule has 0 aliphatic heterocycles. The molecule has 0 aliphatic carbocycles.